The summed E-state index contributed by atoms with van der Waals surface area (Å²) in [7, 11) is 3.91. The maximum Gasteiger partial charge on any atom is 0.211 e. The number of carbonyl (C=O) groups excluding carboxylic acids is 1. The molecule has 1 aromatic carbocycles. The smallest absolute Gasteiger partial charge is 0.211 e. The van der Waals surface area contributed by atoms with E-state index in [4.69, 9.17) is 0 Å². The van der Waals surface area contributed by atoms with Crippen LogP contribution in [0.15, 0.2) is 24.3 Å². The maximum atomic E-state index is 12.1. The van der Waals surface area contributed by atoms with Crippen LogP contribution in [-0.4, -0.2) is 31.3 Å². The zero-order chi connectivity index (χ0) is 15.4. The average molecular weight is 290 g/mol. The predicted octanol–water partition coefficient (Wildman–Crippen LogP) is 2.87. The van der Waals surface area contributed by atoms with Crippen molar-refractivity contribution in [3.05, 3.63) is 39.9 Å². The van der Waals surface area contributed by atoms with E-state index >= 15 is 0 Å². The van der Waals surface area contributed by atoms with Crippen molar-refractivity contribution in [3.63, 3.8) is 0 Å². The van der Waals surface area contributed by atoms with Gasteiger partial charge in [0.15, 0.2) is 0 Å². The lowest BCUT2D eigenvalue weighted by atomic mass is 9.76. The molecule has 0 heterocycles. The summed E-state index contributed by atoms with van der Waals surface area (Å²) in [4.78, 5) is 24.8. The van der Waals surface area contributed by atoms with E-state index in [-0.39, 0.29) is 29.1 Å². The zero-order valence-electron chi connectivity index (χ0n) is 12.6. The molecule has 0 radical (unpaired) electrons. The van der Waals surface area contributed by atoms with Gasteiger partial charge in [0.2, 0.25) is 6.54 Å². The van der Waals surface area contributed by atoms with Crippen LogP contribution in [0.1, 0.15) is 37.2 Å². The van der Waals surface area contributed by atoms with Crippen LogP contribution in [0, 0.1) is 16.0 Å². The van der Waals surface area contributed by atoms with Gasteiger partial charge in [-0.1, -0.05) is 18.6 Å². The molecule has 0 spiro atoms. The lowest BCUT2D eigenvalue weighted by Crippen LogP contribution is -2.30. The van der Waals surface area contributed by atoms with Crippen LogP contribution >= 0.6 is 0 Å². The van der Waals surface area contributed by atoms with Gasteiger partial charge >= 0.3 is 0 Å². The summed E-state index contributed by atoms with van der Waals surface area (Å²) in [6, 6.07) is 7.75. The van der Waals surface area contributed by atoms with Crippen molar-refractivity contribution in [2.24, 2.45) is 5.92 Å². The van der Waals surface area contributed by atoms with E-state index in [1.165, 1.54) is 0 Å². The highest BCUT2D eigenvalue weighted by molar-refractivity contribution is 5.82. The van der Waals surface area contributed by atoms with Crippen LogP contribution in [0.25, 0.3) is 0 Å². The number of carbonyl (C=O) groups is 1. The third kappa shape index (κ3) is 3.80. The van der Waals surface area contributed by atoms with Crippen LogP contribution in [-0.2, 0) is 4.79 Å². The minimum atomic E-state index is -0.302. The lowest BCUT2D eigenvalue weighted by Gasteiger charge is -2.27. The Hall–Kier alpha value is -1.91. The number of nitrogens with zero attached hydrogens (tertiary/aromatic N) is 2. The van der Waals surface area contributed by atoms with Gasteiger partial charge in [-0.3, -0.25) is 14.9 Å². The van der Waals surface area contributed by atoms with Crippen molar-refractivity contribution < 1.29 is 9.72 Å². The van der Waals surface area contributed by atoms with E-state index in [1.807, 2.05) is 43.3 Å². The first-order chi connectivity index (χ1) is 9.99. The Morgan fingerprint density at radius 3 is 2.48 bits per heavy atom. The van der Waals surface area contributed by atoms with Gasteiger partial charge in [0, 0.05) is 37.0 Å². The Morgan fingerprint density at radius 2 is 1.95 bits per heavy atom. The summed E-state index contributed by atoms with van der Waals surface area (Å²) in [5.41, 5.74) is 1.95. The Labute approximate surface area is 125 Å². The molecule has 1 aliphatic rings. The fourth-order valence-electron chi connectivity index (χ4n) is 3.08. The molecule has 1 aliphatic carbocycles. The molecule has 0 amide bonds. The Balaban J connectivity index is 2.26. The summed E-state index contributed by atoms with van der Waals surface area (Å²) in [5, 5.41) is 11.0. The summed E-state index contributed by atoms with van der Waals surface area (Å²) < 4.78 is 0. The zero-order valence-corrected chi connectivity index (χ0v) is 12.6. The molecule has 2 rings (SSSR count). The number of ketones is 1. The summed E-state index contributed by atoms with van der Waals surface area (Å²) in [5.74, 6) is -0.317. The van der Waals surface area contributed by atoms with Gasteiger partial charge in [-0.05, 0) is 30.5 Å². The fourth-order valence-corrected chi connectivity index (χ4v) is 3.08. The number of rotatable bonds is 5. The quantitative estimate of drug-likeness (QED) is 0.618. The molecule has 0 aromatic heterocycles. The third-order valence-electron chi connectivity index (χ3n) is 4.27. The molecule has 0 aliphatic heterocycles. The van der Waals surface area contributed by atoms with Crippen LogP contribution in [0.3, 0.4) is 0 Å². The van der Waals surface area contributed by atoms with E-state index in [0.29, 0.717) is 6.42 Å². The standard InChI is InChI=1S/C16H22N2O3/c1-17(2)13-9-7-12(8-10-13)15(11-18(20)21)14-5-3-4-6-16(14)19/h7-10,14-15H,3-6,11H2,1-2H3/t14-,15-/m0/s1. The average Bonchev–Trinajstić information content (AvgIpc) is 2.45. The second-order valence-corrected chi connectivity index (χ2v) is 5.93. The SMILES string of the molecule is CN(C)c1ccc([C@H](C[N+](=O)[O-])[C@@H]2CCCCC2=O)cc1. The van der Waals surface area contributed by atoms with Crippen LogP contribution in [0.4, 0.5) is 5.69 Å². The van der Waals surface area contributed by atoms with Crippen molar-refractivity contribution in [2.45, 2.75) is 31.6 Å². The van der Waals surface area contributed by atoms with E-state index in [0.717, 1.165) is 30.5 Å². The van der Waals surface area contributed by atoms with E-state index in [9.17, 15) is 14.9 Å². The molecule has 1 aromatic rings. The fraction of sp³-hybridized carbons (Fsp3) is 0.562. The monoisotopic (exact) mass is 290 g/mol. The van der Waals surface area contributed by atoms with E-state index < -0.39 is 0 Å². The first-order valence-electron chi connectivity index (χ1n) is 7.41. The minimum Gasteiger partial charge on any atom is -0.378 e. The molecule has 0 bridgehead atoms. The molecule has 0 N–H and O–H groups in total. The molecule has 114 valence electrons. The maximum absolute atomic E-state index is 12.1. The molecule has 1 fully saturated rings. The van der Waals surface area contributed by atoms with Crippen molar-refractivity contribution in [3.8, 4) is 0 Å². The Bertz CT molecular complexity index is 511. The van der Waals surface area contributed by atoms with Crippen LogP contribution in [0.5, 0.6) is 0 Å². The van der Waals surface area contributed by atoms with Crippen molar-refractivity contribution in [1.29, 1.82) is 0 Å². The molecule has 5 heteroatoms. The van der Waals surface area contributed by atoms with Crippen molar-refractivity contribution in [2.75, 3.05) is 25.5 Å². The molecule has 2 atom stereocenters. The van der Waals surface area contributed by atoms with Crippen LogP contribution in [0.2, 0.25) is 0 Å². The van der Waals surface area contributed by atoms with Gasteiger partial charge in [0.05, 0.1) is 5.92 Å². The van der Waals surface area contributed by atoms with E-state index in [2.05, 4.69) is 0 Å². The first kappa shape index (κ1) is 15.5. The molecule has 0 unspecified atom stereocenters. The number of nitro groups is 1. The van der Waals surface area contributed by atoms with E-state index in [1.54, 1.807) is 0 Å². The molecule has 5 nitrogen and oxygen atoms in total. The molecular formula is C16H22N2O3. The second-order valence-electron chi connectivity index (χ2n) is 5.93. The van der Waals surface area contributed by atoms with Gasteiger partial charge < -0.3 is 4.90 Å². The predicted molar refractivity (Wildman–Crippen MR) is 82.3 cm³/mol. The topological polar surface area (TPSA) is 63.4 Å². The summed E-state index contributed by atoms with van der Waals surface area (Å²) >= 11 is 0. The van der Waals surface area contributed by atoms with Gasteiger partial charge in [0.1, 0.15) is 5.78 Å². The van der Waals surface area contributed by atoms with Crippen molar-refractivity contribution in [1.82, 2.24) is 0 Å². The molecular weight excluding hydrogens is 268 g/mol. The highest BCUT2D eigenvalue weighted by Crippen LogP contribution is 2.34. The third-order valence-corrected chi connectivity index (χ3v) is 4.27. The highest BCUT2D eigenvalue weighted by atomic mass is 16.6. The second kappa shape index (κ2) is 6.70. The Kier molecular flexibility index (Phi) is 4.94. The molecule has 1 saturated carbocycles. The number of anilines is 1. The van der Waals surface area contributed by atoms with Crippen LogP contribution < -0.4 is 4.90 Å². The van der Waals surface area contributed by atoms with Gasteiger partial charge in [-0.2, -0.15) is 0 Å². The number of hydrogen-bond donors (Lipinski definition) is 0. The minimum absolute atomic E-state index is 0.169. The molecule has 0 saturated heterocycles. The molecule has 21 heavy (non-hydrogen) atoms. The first-order valence-corrected chi connectivity index (χ1v) is 7.41. The largest absolute Gasteiger partial charge is 0.378 e. The lowest BCUT2D eigenvalue weighted by molar-refractivity contribution is -0.484. The van der Waals surface area contributed by atoms with Gasteiger partial charge in [0.25, 0.3) is 0 Å². The summed E-state index contributed by atoms with van der Waals surface area (Å²) in [6.07, 6.45) is 3.24. The van der Waals surface area contributed by atoms with Gasteiger partial charge in [-0.25, -0.2) is 0 Å². The number of Topliss-reactive ketones (excluding diaryl/α,β-unsaturated/α-hetero) is 1. The number of hydrogen-bond acceptors (Lipinski definition) is 4. The highest BCUT2D eigenvalue weighted by Gasteiger charge is 2.34. The summed E-state index contributed by atoms with van der Waals surface area (Å²) in [6.45, 7) is -0.169. The Morgan fingerprint density at radius 1 is 1.29 bits per heavy atom. The van der Waals surface area contributed by atoms with Gasteiger partial charge in [-0.15, -0.1) is 0 Å². The van der Waals surface area contributed by atoms with Crippen molar-refractivity contribution >= 4 is 11.5 Å². The normalized spacial score (nSPS) is 20.1. The number of benzene rings is 1.